The highest BCUT2D eigenvalue weighted by Crippen LogP contribution is 2.38. The van der Waals surface area contributed by atoms with Crippen LogP contribution in [0.5, 0.6) is 0 Å². The summed E-state index contributed by atoms with van der Waals surface area (Å²) >= 11 is 1.33. The van der Waals surface area contributed by atoms with Gasteiger partial charge in [-0.15, -0.1) is 11.3 Å². The van der Waals surface area contributed by atoms with Gasteiger partial charge in [0.05, 0.1) is 12.7 Å². The Morgan fingerprint density at radius 1 is 1.32 bits per heavy atom. The number of morpholine rings is 1. The van der Waals surface area contributed by atoms with Crippen LogP contribution < -0.4 is 4.72 Å². The number of hydrogen-bond donors (Lipinski definition) is 1. The Morgan fingerprint density at radius 2 is 2.14 bits per heavy atom. The molecule has 0 unspecified atom stereocenters. The molecule has 1 aromatic rings. The SMILES string of the molecule is Cc1ccc(S(=O)(=O)N[C@H]2C[C@H]3CO[C@H](C4CC4)CN3C2)s1. The molecule has 3 heterocycles. The van der Waals surface area contributed by atoms with Crippen molar-refractivity contribution >= 4 is 21.4 Å². The molecule has 1 N–H and O–H groups in total. The standard InChI is InChI=1S/C15H22N2O3S2/c1-10-2-5-15(21-10)22(18,19)16-12-6-13-9-20-14(11-3-4-11)8-17(13)7-12/h2,5,11-14,16H,3-4,6-9H2,1H3/t12-,13-,14-/m0/s1. The lowest BCUT2D eigenvalue weighted by molar-refractivity contribution is -0.0581. The van der Waals surface area contributed by atoms with Gasteiger partial charge in [0, 0.05) is 30.1 Å². The minimum Gasteiger partial charge on any atom is -0.375 e. The molecule has 0 amide bonds. The van der Waals surface area contributed by atoms with Crippen molar-refractivity contribution in [2.75, 3.05) is 19.7 Å². The van der Waals surface area contributed by atoms with Gasteiger partial charge in [-0.3, -0.25) is 4.90 Å². The van der Waals surface area contributed by atoms with Crippen molar-refractivity contribution < 1.29 is 13.2 Å². The maximum Gasteiger partial charge on any atom is 0.250 e. The molecule has 1 saturated carbocycles. The van der Waals surface area contributed by atoms with E-state index in [1.165, 1.54) is 24.2 Å². The summed E-state index contributed by atoms with van der Waals surface area (Å²) in [4.78, 5) is 3.43. The number of aryl methyl sites for hydroxylation is 1. The van der Waals surface area contributed by atoms with Crippen LogP contribution in [-0.4, -0.2) is 51.2 Å². The van der Waals surface area contributed by atoms with Crippen LogP contribution in [0.2, 0.25) is 0 Å². The minimum absolute atomic E-state index is 0.000964. The van der Waals surface area contributed by atoms with Crippen LogP contribution in [0.3, 0.4) is 0 Å². The van der Waals surface area contributed by atoms with Gasteiger partial charge in [0.2, 0.25) is 10.0 Å². The summed E-state index contributed by atoms with van der Waals surface area (Å²) in [6, 6.07) is 3.91. The Morgan fingerprint density at radius 3 is 2.82 bits per heavy atom. The van der Waals surface area contributed by atoms with Crippen LogP contribution in [0.1, 0.15) is 24.1 Å². The Hall–Kier alpha value is -0.470. The lowest BCUT2D eigenvalue weighted by Crippen LogP contribution is -2.47. The van der Waals surface area contributed by atoms with Gasteiger partial charge in [0.1, 0.15) is 4.21 Å². The largest absolute Gasteiger partial charge is 0.375 e. The van der Waals surface area contributed by atoms with Gasteiger partial charge in [0.15, 0.2) is 0 Å². The lowest BCUT2D eigenvalue weighted by atomic mass is 10.1. The smallest absolute Gasteiger partial charge is 0.250 e. The summed E-state index contributed by atoms with van der Waals surface area (Å²) in [7, 11) is -3.38. The molecule has 2 saturated heterocycles. The summed E-state index contributed by atoms with van der Waals surface area (Å²) in [5, 5.41) is 0. The highest BCUT2D eigenvalue weighted by Gasteiger charge is 2.43. The van der Waals surface area contributed by atoms with E-state index in [9.17, 15) is 8.42 Å². The highest BCUT2D eigenvalue weighted by atomic mass is 32.2. The zero-order valence-electron chi connectivity index (χ0n) is 12.7. The van der Waals surface area contributed by atoms with E-state index >= 15 is 0 Å². The first-order valence-electron chi connectivity index (χ1n) is 7.96. The van der Waals surface area contributed by atoms with E-state index in [2.05, 4.69) is 9.62 Å². The fourth-order valence-corrected chi connectivity index (χ4v) is 6.11. The van der Waals surface area contributed by atoms with Crippen molar-refractivity contribution in [1.29, 1.82) is 0 Å². The monoisotopic (exact) mass is 342 g/mol. The van der Waals surface area contributed by atoms with Gasteiger partial charge in [-0.25, -0.2) is 13.1 Å². The van der Waals surface area contributed by atoms with Crippen LogP contribution >= 0.6 is 11.3 Å². The zero-order chi connectivity index (χ0) is 15.3. The first kappa shape index (κ1) is 15.1. The third kappa shape index (κ3) is 2.97. The van der Waals surface area contributed by atoms with Crippen molar-refractivity contribution in [2.24, 2.45) is 5.92 Å². The first-order valence-corrected chi connectivity index (χ1v) is 10.3. The van der Waals surface area contributed by atoms with Crippen LogP contribution in [0.25, 0.3) is 0 Å². The molecule has 5 nitrogen and oxygen atoms in total. The molecule has 3 fully saturated rings. The molecule has 2 aliphatic heterocycles. The van der Waals surface area contributed by atoms with E-state index in [-0.39, 0.29) is 6.04 Å². The Balaban J connectivity index is 1.40. The molecule has 1 aromatic heterocycles. The number of fused-ring (bicyclic) bond motifs is 1. The van der Waals surface area contributed by atoms with E-state index in [4.69, 9.17) is 4.74 Å². The molecule has 22 heavy (non-hydrogen) atoms. The van der Waals surface area contributed by atoms with Crippen molar-refractivity contribution in [3.63, 3.8) is 0 Å². The third-order valence-electron chi connectivity index (χ3n) is 4.90. The quantitative estimate of drug-likeness (QED) is 0.903. The van der Waals surface area contributed by atoms with E-state index in [1.807, 2.05) is 13.0 Å². The van der Waals surface area contributed by atoms with Crippen molar-refractivity contribution in [3.05, 3.63) is 17.0 Å². The fraction of sp³-hybridized carbons (Fsp3) is 0.733. The molecule has 1 aliphatic carbocycles. The van der Waals surface area contributed by atoms with Crippen LogP contribution in [0.4, 0.5) is 0 Å². The molecule has 122 valence electrons. The number of ether oxygens (including phenoxy) is 1. The average Bonchev–Trinajstić information content (AvgIpc) is 3.09. The van der Waals surface area contributed by atoms with E-state index in [0.29, 0.717) is 16.4 Å². The Bertz CT molecular complexity index is 653. The number of thiophene rings is 1. The lowest BCUT2D eigenvalue weighted by Gasteiger charge is -2.35. The van der Waals surface area contributed by atoms with Gasteiger partial charge in [-0.1, -0.05) is 0 Å². The predicted octanol–water partition coefficient (Wildman–Crippen LogP) is 1.59. The highest BCUT2D eigenvalue weighted by molar-refractivity contribution is 7.91. The van der Waals surface area contributed by atoms with Crippen molar-refractivity contribution in [3.8, 4) is 0 Å². The molecule has 0 radical (unpaired) electrons. The fourth-order valence-electron chi connectivity index (χ4n) is 3.57. The van der Waals surface area contributed by atoms with Crippen LogP contribution in [-0.2, 0) is 14.8 Å². The average molecular weight is 342 g/mol. The molecular formula is C15H22N2O3S2. The molecule has 4 rings (SSSR count). The number of sulfonamides is 1. The first-order chi connectivity index (χ1) is 10.5. The summed E-state index contributed by atoms with van der Waals surface area (Å²) < 4.78 is 34.1. The second-order valence-corrected chi connectivity index (χ2v) is 9.96. The van der Waals surface area contributed by atoms with Gasteiger partial charge >= 0.3 is 0 Å². The number of rotatable bonds is 4. The summed E-state index contributed by atoms with van der Waals surface area (Å²) in [6.45, 7) is 4.44. The normalized spacial score (nSPS) is 33.0. The maximum atomic E-state index is 12.4. The third-order valence-corrected chi connectivity index (χ3v) is 7.91. The van der Waals surface area contributed by atoms with Gasteiger partial charge in [-0.05, 0) is 44.2 Å². The molecule has 7 heteroatoms. The van der Waals surface area contributed by atoms with E-state index in [1.54, 1.807) is 6.07 Å². The molecular weight excluding hydrogens is 320 g/mol. The second kappa shape index (κ2) is 5.56. The molecule has 3 aliphatic rings. The van der Waals surface area contributed by atoms with E-state index in [0.717, 1.165) is 36.9 Å². The van der Waals surface area contributed by atoms with Gasteiger partial charge < -0.3 is 4.74 Å². The second-order valence-electron chi connectivity index (χ2n) is 6.74. The molecule has 0 aromatic carbocycles. The summed E-state index contributed by atoms with van der Waals surface area (Å²) in [5.41, 5.74) is 0. The minimum atomic E-state index is -3.38. The number of nitrogens with one attached hydrogen (secondary N) is 1. The predicted molar refractivity (Wildman–Crippen MR) is 85.6 cm³/mol. The van der Waals surface area contributed by atoms with Crippen LogP contribution in [0.15, 0.2) is 16.3 Å². The Labute approximate surface area is 135 Å². The molecule has 3 atom stereocenters. The van der Waals surface area contributed by atoms with Crippen molar-refractivity contribution in [1.82, 2.24) is 9.62 Å². The molecule has 0 bridgehead atoms. The van der Waals surface area contributed by atoms with E-state index < -0.39 is 10.0 Å². The van der Waals surface area contributed by atoms with Crippen LogP contribution in [0, 0.1) is 12.8 Å². The Kier molecular flexibility index (Phi) is 3.81. The topological polar surface area (TPSA) is 58.6 Å². The number of hydrogen-bond acceptors (Lipinski definition) is 5. The summed E-state index contributed by atoms with van der Waals surface area (Å²) in [6.07, 6.45) is 3.79. The maximum absolute atomic E-state index is 12.4. The zero-order valence-corrected chi connectivity index (χ0v) is 14.3. The summed E-state index contributed by atoms with van der Waals surface area (Å²) in [5.74, 6) is 0.741. The van der Waals surface area contributed by atoms with Crippen molar-refractivity contribution in [2.45, 2.75) is 48.6 Å². The molecule has 0 spiro atoms. The van der Waals surface area contributed by atoms with Gasteiger partial charge in [-0.2, -0.15) is 0 Å². The van der Waals surface area contributed by atoms with Gasteiger partial charge in [0.25, 0.3) is 0 Å². The number of nitrogens with zero attached hydrogens (tertiary/aromatic N) is 1.